The van der Waals surface area contributed by atoms with Gasteiger partial charge in [0.1, 0.15) is 0 Å². The number of hydrogen-bond acceptors (Lipinski definition) is 3. The fourth-order valence-corrected chi connectivity index (χ4v) is 3.29. The van der Waals surface area contributed by atoms with Crippen molar-refractivity contribution in [2.75, 3.05) is 6.54 Å². The second-order valence-corrected chi connectivity index (χ2v) is 8.36. The van der Waals surface area contributed by atoms with Gasteiger partial charge in [-0.15, -0.1) is 0 Å². The number of rotatable bonds is 5. The minimum atomic E-state index is -4.41. The normalized spacial score (nSPS) is 12.6. The van der Waals surface area contributed by atoms with E-state index in [1.807, 2.05) is 13.8 Å². The van der Waals surface area contributed by atoms with Gasteiger partial charge in [0.05, 0.1) is 23.0 Å². The minimum absolute atomic E-state index is 0.141. The van der Waals surface area contributed by atoms with Gasteiger partial charge in [-0.1, -0.05) is 32.0 Å². The van der Waals surface area contributed by atoms with Crippen LogP contribution in [0, 0.1) is 6.92 Å². The van der Waals surface area contributed by atoms with Crippen molar-refractivity contribution in [2.45, 2.75) is 52.3 Å². The Labute approximate surface area is 173 Å². The molecule has 5 nitrogen and oxygen atoms in total. The summed E-state index contributed by atoms with van der Waals surface area (Å²) < 4.78 is 40.9. The summed E-state index contributed by atoms with van der Waals surface area (Å²) in [4.78, 5) is 17.3. The highest BCUT2D eigenvalue weighted by atomic mass is 19.4. The van der Waals surface area contributed by atoms with Crippen LogP contribution < -0.4 is 5.32 Å². The molecule has 30 heavy (non-hydrogen) atoms. The number of halogens is 3. The third kappa shape index (κ3) is 4.32. The van der Waals surface area contributed by atoms with Crippen LogP contribution in [0.3, 0.4) is 0 Å². The van der Waals surface area contributed by atoms with Crippen LogP contribution in [-0.4, -0.2) is 27.2 Å². The monoisotopic (exact) mass is 418 g/mol. The number of pyridine rings is 1. The van der Waals surface area contributed by atoms with Crippen LogP contribution in [-0.2, 0) is 11.6 Å². The lowest BCUT2D eigenvalue weighted by molar-refractivity contribution is -0.137. The molecule has 0 atom stereocenters. The molecule has 3 rings (SSSR count). The zero-order valence-electron chi connectivity index (χ0n) is 17.6. The standard InChI is InChI=1S/C22H25F3N4O/c1-13(2)29-19-15(11-27-29)9-18(14(3)28-19)20(30)26-12-21(4,5)16-7-6-8-17(10-16)22(23,24)25/h6-11,13H,12H2,1-5H3,(H,26,30). The lowest BCUT2D eigenvalue weighted by Gasteiger charge is -2.26. The van der Waals surface area contributed by atoms with Gasteiger partial charge >= 0.3 is 6.18 Å². The Morgan fingerprint density at radius 3 is 2.47 bits per heavy atom. The van der Waals surface area contributed by atoms with E-state index in [-0.39, 0.29) is 18.5 Å². The number of aryl methyl sites for hydroxylation is 1. The van der Waals surface area contributed by atoms with Crippen LogP contribution in [0.15, 0.2) is 36.5 Å². The molecule has 0 fully saturated rings. The number of benzene rings is 1. The first kappa shape index (κ1) is 21.8. The summed E-state index contributed by atoms with van der Waals surface area (Å²) in [5.41, 5.74) is 0.812. The second kappa shape index (κ2) is 7.74. The zero-order valence-corrected chi connectivity index (χ0v) is 17.6. The lowest BCUT2D eigenvalue weighted by atomic mass is 9.83. The average molecular weight is 418 g/mol. The number of carbonyl (C=O) groups excluding carboxylic acids is 1. The smallest absolute Gasteiger partial charge is 0.351 e. The van der Waals surface area contributed by atoms with Crippen LogP contribution in [0.2, 0.25) is 0 Å². The Bertz CT molecular complexity index is 1080. The van der Waals surface area contributed by atoms with Crippen molar-refractivity contribution in [1.29, 1.82) is 0 Å². The maximum absolute atomic E-state index is 13.0. The summed E-state index contributed by atoms with van der Waals surface area (Å²) in [5.74, 6) is -0.320. The molecule has 0 aliphatic heterocycles. The number of nitrogens with one attached hydrogen (secondary N) is 1. The highest BCUT2D eigenvalue weighted by molar-refractivity contribution is 5.98. The van der Waals surface area contributed by atoms with Crippen LogP contribution in [0.25, 0.3) is 11.0 Å². The Balaban J connectivity index is 1.80. The number of hydrogen-bond donors (Lipinski definition) is 1. The second-order valence-electron chi connectivity index (χ2n) is 8.36. The van der Waals surface area contributed by atoms with Crippen molar-refractivity contribution < 1.29 is 18.0 Å². The third-order valence-electron chi connectivity index (χ3n) is 5.16. The SMILES string of the molecule is Cc1nc2c(cnn2C(C)C)cc1C(=O)NCC(C)(C)c1cccc(C(F)(F)F)c1. The van der Waals surface area contributed by atoms with Crippen LogP contribution in [0.5, 0.6) is 0 Å². The summed E-state index contributed by atoms with van der Waals surface area (Å²) in [6.07, 6.45) is -2.74. The zero-order chi connectivity index (χ0) is 22.3. The van der Waals surface area contributed by atoms with Gasteiger partial charge in [-0.05, 0) is 38.5 Å². The van der Waals surface area contributed by atoms with Gasteiger partial charge < -0.3 is 5.32 Å². The highest BCUT2D eigenvalue weighted by Crippen LogP contribution is 2.32. The van der Waals surface area contributed by atoms with Crippen LogP contribution >= 0.6 is 0 Å². The molecule has 0 aliphatic carbocycles. The minimum Gasteiger partial charge on any atom is -0.351 e. The van der Waals surface area contributed by atoms with E-state index in [0.29, 0.717) is 22.5 Å². The van der Waals surface area contributed by atoms with E-state index in [4.69, 9.17) is 0 Å². The molecule has 1 N–H and O–H groups in total. The molecule has 0 saturated heterocycles. The molecule has 0 spiro atoms. The Kier molecular flexibility index (Phi) is 5.62. The molecule has 1 aromatic carbocycles. The van der Waals surface area contributed by atoms with E-state index in [0.717, 1.165) is 17.5 Å². The third-order valence-corrected chi connectivity index (χ3v) is 5.16. The Morgan fingerprint density at radius 2 is 1.83 bits per heavy atom. The lowest BCUT2D eigenvalue weighted by Crippen LogP contribution is -2.37. The summed E-state index contributed by atoms with van der Waals surface area (Å²) in [7, 11) is 0. The fraction of sp³-hybridized carbons (Fsp3) is 0.409. The van der Waals surface area contributed by atoms with Gasteiger partial charge in [-0.25, -0.2) is 9.67 Å². The largest absolute Gasteiger partial charge is 0.416 e. The molecule has 3 aromatic rings. The fourth-order valence-electron chi connectivity index (χ4n) is 3.29. The van der Waals surface area contributed by atoms with Gasteiger partial charge in [-0.3, -0.25) is 4.79 Å². The van der Waals surface area contributed by atoms with Crippen molar-refractivity contribution in [3.05, 3.63) is 58.9 Å². The van der Waals surface area contributed by atoms with E-state index in [2.05, 4.69) is 15.4 Å². The number of alkyl halides is 3. The van der Waals surface area contributed by atoms with Gasteiger partial charge in [0.15, 0.2) is 5.65 Å². The predicted octanol–water partition coefficient (Wildman–Crippen LogP) is 5.05. The van der Waals surface area contributed by atoms with E-state index < -0.39 is 17.2 Å². The molecule has 8 heteroatoms. The van der Waals surface area contributed by atoms with Crippen molar-refractivity contribution in [3.8, 4) is 0 Å². The first-order valence-corrected chi connectivity index (χ1v) is 9.71. The van der Waals surface area contributed by atoms with E-state index in [1.165, 1.54) is 6.07 Å². The van der Waals surface area contributed by atoms with E-state index in [9.17, 15) is 18.0 Å². The van der Waals surface area contributed by atoms with Crippen molar-refractivity contribution in [1.82, 2.24) is 20.1 Å². The molecule has 0 unspecified atom stereocenters. The number of aromatic nitrogens is 3. The topological polar surface area (TPSA) is 59.8 Å². The first-order valence-electron chi connectivity index (χ1n) is 9.71. The Hall–Kier alpha value is -2.90. The van der Waals surface area contributed by atoms with Crippen molar-refractivity contribution in [3.63, 3.8) is 0 Å². The van der Waals surface area contributed by atoms with Crippen molar-refractivity contribution >= 4 is 16.9 Å². The molecule has 2 aromatic heterocycles. The molecular formula is C22H25F3N4O. The van der Waals surface area contributed by atoms with Crippen LogP contribution in [0.1, 0.15) is 60.9 Å². The molecule has 0 saturated carbocycles. The molecule has 2 heterocycles. The molecule has 0 bridgehead atoms. The first-order chi connectivity index (χ1) is 13.9. The number of fused-ring (bicyclic) bond motifs is 1. The summed E-state index contributed by atoms with van der Waals surface area (Å²) in [6, 6.07) is 7.08. The van der Waals surface area contributed by atoms with Gasteiger partial charge in [0, 0.05) is 23.4 Å². The number of nitrogens with zero attached hydrogens (tertiary/aromatic N) is 3. The van der Waals surface area contributed by atoms with Crippen molar-refractivity contribution in [2.24, 2.45) is 0 Å². The molecule has 0 aliphatic rings. The van der Waals surface area contributed by atoms with Gasteiger partial charge in [-0.2, -0.15) is 18.3 Å². The summed E-state index contributed by atoms with van der Waals surface area (Å²) in [6.45, 7) is 9.52. The summed E-state index contributed by atoms with van der Waals surface area (Å²) in [5, 5.41) is 7.92. The average Bonchev–Trinajstić information content (AvgIpc) is 3.08. The quantitative estimate of drug-likeness (QED) is 0.631. The highest BCUT2D eigenvalue weighted by Gasteiger charge is 2.32. The van der Waals surface area contributed by atoms with Gasteiger partial charge in [0.2, 0.25) is 0 Å². The van der Waals surface area contributed by atoms with Gasteiger partial charge in [0.25, 0.3) is 5.91 Å². The maximum atomic E-state index is 13.0. The van der Waals surface area contributed by atoms with Crippen LogP contribution in [0.4, 0.5) is 13.2 Å². The molecule has 0 radical (unpaired) electrons. The molecular weight excluding hydrogens is 393 g/mol. The Morgan fingerprint density at radius 1 is 1.17 bits per heavy atom. The van der Waals surface area contributed by atoms with E-state index >= 15 is 0 Å². The van der Waals surface area contributed by atoms with E-state index in [1.54, 1.807) is 43.8 Å². The molecule has 160 valence electrons. The summed E-state index contributed by atoms with van der Waals surface area (Å²) >= 11 is 0. The number of carbonyl (C=O) groups is 1. The predicted molar refractivity (Wildman–Crippen MR) is 109 cm³/mol. The number of amides is 1. The maximum Gasteiger partial charge on any atom is 0.416 e. The molecule has 1 amide bonds.